The number of nitrogen functional groups attached to an aromatic ring is 1. The summed E-state index contributed by atoms with van der Waals surface area (Å²) in [7, 11) is 0. The summed E-state index contributed by atoms with van der Waals surface area (Å²) in [5, 5.41) is 4.25. The minimum atomic E-state index is 0.319. The van der Waals surface area contributed by atoms with Crippen LogP contribution in [0, 0.1) is 5.92 Å². The SMILES string of the molecule is CC1CCC(Nc2nc(N)c(Cl)cc2Cl)C1. The average molecular weight is 260 g/mol. The standard InChI is InChI=1S/C11H15Cl2N3/c1-6-2-3-7(4-6)15-11-9(13)5-8(12)10(14)16-11/h5-7H,2-4H2,1H3,(H3,14,15,16). The number of halogens is 2. The first-order valence-corrected chi connectivity index (χ1v) is 6.20. The van der Waals surface area contributed by atoms with Gasteiger partial charge in [0, 0.05) is 6.04 Å². The summed E-state index contributed by atoms with van der Waals surface area (Å²) >= 11 is 11.9. The molecular formula is C11H15Cl2N3. The van der Waals surface area contributed by atoms with E-state index in [9.17, 15) is 0 Å². The van der Waals surface area contributed by atoms with Gasteiger partial charge in [-0.25, -0.2) is 4.98 Å². The zero-order chi connectivity index (χ0) is 11.7. The van der Waals surface area contributed by atoms with E-state index in [1.807, 2.05) is 0 Å². The van der Waals surface area contributed by atoms with Gasteiger partial charge in [-0.3, -0.25) is 0 Å². The molecule has 0 saturated heterocycles. The van der Waals surface area contributed by atoms with Gasteiger partial charge in [0.2, 0.25) is 0 Å². The molecule has 3 N–H and O–H groups in total. The molecular weight excluding hydrogens is 245 g/mol. The fraction of sp³-hybridized carbons (Fsp3) is 0.545. The van der Waals surface area contributed by atoms with Crippen LogP contribution in [0.2, 0.25) is 10.0 Å². The highest BCUT2D eigenvalue weighted by molar-refractivity contribution is 6.37. The molecule has 0 bridgehead atoms. The Labute approximate surface area is 105 Å². The summed E-state index contributed by atoms with van der Waals surface area (Å²) in [6, 6.07) is 2.08. The number of nitrogens with one attached hydrogen (secondary N) is 1. The van der Waals surface area contributed by atoms with Gasteiger partial charge in [0.15, 0.2) is 0 Å². The van der Waals surface area contributed by atoms with Crippen molar-refractivity contribution in [2.24, 2.45) is 5.92 Å². The zero-order valence-corrected chi connectivity index (χ0v) is 10.6. The molecule has 1 saturated carbocycles. The van der Waals surface area contributed by atoms with Crippen LogP contribution in [0.5, 0.6) is 0 Å². The van der Waals surface area contributed by atoms with Gasteiger partial charge in [-0.15, -0.1) is 0 Å². The highest BCUT2D eigenvalue weighted by Crippen LogP contribution is 2.31. The van der Waals surface area contributed by atoms with Crippen molar-refractivity contribution in [3.05, 3.63) is 16.1 Å². The molecule has 0 aliphatic heterocycles. The van der Waals surface area contributed by atoms with Gasteiger partial charge in [0.1, 0.15) is 11.6 Å². The molecule has 1 heterocycles. The summed E-state index contributed by atoms with van der Waals surface area (Å²) in [6.07, 6.45) is 3.56. The molecule has 0 amide bonds. The zero-order valence-electron chi connectivity index (χ0n) is 9.13. The number of anilines is 2. The molecule has 1 aliphatic rings. The molecule has 1 fully saturated rings. The lowest BCUT2D eigenvalue weighted by molar-refractivity contribution is 0.602. The van der Waals surface area contributed by atoms with E-state index in [2.05, 4.69) is 17.2 Å². The largest absolute Gasteiger partial charge is 0.382 e. The van der Waals surface area contributed by atoms with Crippen LogP contribution in [0.4, 0.5) is 11.6 Å². The minimum absolute atomic E-state index is 0.319. The molecule has 1 aromatic rings. The van der Waals surface area contributed by atoms with Crippen molar-refractivity contribution in [3.63, 3.8) is 0 Å². The van der Waals surface area contributed by atoms with E-state index in [0.717, 1.165) is 18.8 Å². The maximum atomic E-state index is 6.05. The molecule has 1 aromatic heterocycles. The highest BCUT2D eigenvalue weighted by atomic mass is 35.5. The second-order valence-electron chi connectivity index (χ2n) is 4.45. The molecule has 0 radical (unpaired) electrons. The Hall–Kier alpha value is -0.670. The molecule has 5 heteroatoms. The monoisotopic (exact) mass is 259 g/mol. The number of rotatable bonds is 2. The van der Waals surface area contributed by atoms with E-state index in [-0.39, 0.29) is 0 Å². The molecule has 2 rings (SSSR count). The number of nitrogens with zero attached hydrogens (tertiary/aromatic N) is 1. The Morgan fingerprint density at radius 2 is 2.12 bits per heavy atom. The molecule has 3 nitrogen and oxygen atoms in total. The summed E-state index contributed by atoms with van der Waals surface area (Å²) in [6.45, 7) is 2.26. The van der Waals surface area contributed by atoms with Gasteiger partial charge >= 0.3 is 0 Å². The van der Waals surface area contributed by atoms with Crippen molar-refractivity contribution in [3.8, 4) is 0 Å². The number of hydrogen-bond donors (Lipinski definition) is 2. The van der Waals surface area contributed by atoms with Crippen molar-refractivity contribution in [2.45, 2.75) is 32.2 Å². The lowest BCUT2D eigenvalue weighted by atomic mass is 10.1. The van der Waals surface area contributed by atoms with E-state index in [1.165, 1.54) is 6.42 Å². The van der Waals surface area contributed by atoms with E-state index >= 15 is 0 Å². The van der Waals surface area contributed by atoms with Crippen LogP contribution in [0.25, 0.3) is 0 Å². The normalized spacial score (nSPS) is 24.7. The number of pyridine rings is 1. The Balaban J connectivity index is 2.12. The molecule has 2 unspecified atom stereocenters. The fourth-order valence-electron chi connectivity index (χ4n) is 2.11. The second kappa shape index (κ2) is 4.68. The Bertz CT molecular complexity index is 395. The molecule has 16 heavy (non-hydrogen) atoms. The quantitative estimate of drug-likeness (QED) is 0.854. The molecule has 2 atom stereocenters. The van der Waals surface area contributed by atoms with Crippen LogP contribution in [-0.4, -0.2) is 11.0 Å². The lowest BCUT2D eigenvalue weighted by Crippen LogP contribution is -2.17. The van der Waals surface area contributed by atoms with E-state index < -0.39 is 0 Å². The molecule has 0 aromatic carbocycles. The van der Waals surface area contributed by atoms with Crippen molar-refractivity contribution in [1.29, 1.82) is 0 Å². The third-order valence-corrected chi connectivity index (χ3v) is 3.58. The first kappa shape index (κ1) is 11.8. The van der Waals surface area contributed by atoms with Gasteiger partial charge in [0.25, 0.3) is 0 Å². The third-order valence-electron chi connectivity index (χ3n) is 2.99. The lowest BCUT2D eigenvalue weighted by Gasteiger charge is -2.15. The van der Waals surface area contributed by atoms with Crippen molar-refractivity contribution in [1.82, 2.24) is 4.98 Å². The van der Waals surface area contributed by atoms with Gasteiger partial charge in [-0.05, 0) is 31.2 Å². The van der Waals surface area contributed by atoms with Crippen LogP contribution >= 0.6 is 23.2 Å². The first-order chi connectivity index (χ1) is 7.56. The summed E-state index contributed by atoms with van der Waals surface area (Å²) in [4.78, 5) is 4.16. The minimum Gasteiger partial charge on any atom is -0.382 e. The van der Waals surface area contributed by atoms with Crippen molar-refractivity contribution < 1.29 is 0 Å². The van der Waals surface area contributed by atoms with Gasteiger partial charge in [-0.1, -0.05) is 30.1 Å². The Morgan fingerprint density at radius 1 is 1.38 bits per heavy atom. The van der Waals surface area contributed by atoms with Crippen molar-refractivity contribution in [2.75, 3.05) is 11.1 Å². The van der Waals surface area contributed by atoms with E-state index in [4.69, 9.17) is 28.9 Å². The maximum Gasteiger partial charge on any atom is 0.147 e. The maximum absolute atomic E-state index is 6.05. The fourth-order valence-corrected chi connectivity index (χ4v) is 2.53. The number of hydrogen-bond acceptors (Lipinski definition) is 3. The molecule has 0 spiro atoms. The molecule has 88 valence electrons. The van der Waals surface area contributed by atoms with Crippen LogP contribution < -0.4 is 11.1 Å². The predicted molar refractivity (Wildman–Crippen MR) is 69.1 cm³/mol. The van der Waals surface area contributed by atoms with E-state index in [0.29, 0.717) is 27.7 Å². The molecule has 1 aliphatic carbocycles. The Kier molecular flexibility index (Phi) is 3.45. The van der Waals surface area contributed by atoms with Gasteiger partial charge in [0.05, 0.1) is 10.0 Å². The van der Waals surface area contributed by atoms with E-state index in [1.54, 1.807) is 6.07 Å². The van der Waals surface area contributed by atoms with Crippen LogP contribution in [0.15, 0.2) is 6.07 Å². The average Bonchev–Trinajstić information content (AvgIpc) is 2.60. The van der Waals surface area contributed by atoms with Gasteiger partial charge < -0.3 is 11.1 Å². The van der Waals surface area contributed by atoms with Crippen LogP contribution in [0.3, 0.4) is 0 Å². The predicted octanol–water partition coefficient (Wildman–Crippen LogP) is 3.57. The Morgan fingerprint density at radius 3 is 2.75 bits per heavy atom. The third kappa shape index (κ3) is 2.53. The first-order valence-electron chi connectivity index (χ1n) is 5.44. The number of nitrogens with two attached hydrogens (primary N) is 1. The second-order valence-corrected chi connectivity index (χ2v) is 5.26. The number of aromatic nitrogens is 1. The van der Waals surface area contributed by atoms with Crippen LogP contribution in [-0.2, 0) is 0 Å². The van der Waals surface area contributed by atoms with Gasteiger partial charge in [-0.2, -0.15) is 0 Å². The smallest absolute Gasteiger partial charge is 0.147 e. The summed E-state index contributed by atoms with van der Waals surface area (Å²) in [5.74, 6) is 1.73. The summed E-state index contributed by atoms with van der Waals surface area (Å²) in [5.41, 5.74) is 5.65. The topological polar surface area (TPSA) is 50.9 Å². The van der Waals surface area contributed by atoms with Crippen LogP contribution in [0.1, 0.15) is 26.2 Å². The summed E-state index contributed by atoms with van der Waals surface area (Å²) < 4.78 is 0. The van der Waals surface area contributed by atoms with Crippen molar-refractivity contribution >= 4 is 34.8 Å². The highest BCUT2D eigenvalue weighted by Gasteiger charge is 2.22.